The number of aliphatic hydroxyl groups is 1. The van der Waals surface area contributed by atoms with Crippen molar-refractivity contribution in [3.05, 3.63) is 29.8 Å². The molecule has 0 amide bonds. The molecule has 2 rings (SSSR count). The number of hydrogen-bond donors (Lipinski definition) is 1. The summed E-state index contributed by atoms with van der Waals surface area (Å²) in [5.74, 6) is 2.14. The molecule has 0 saturated carbocycles. The maximum Gasteiger partial charge on any atom is 0.339 e. The lowest BCUT2D eigenvalue weighted by molar-refractivity contribution is -0.150. The topological polar surface area (TPSA) is 55.8 Å². The molecule has 5 heteroatoms. The van der Waals surface area contributed by atoms with Crippen LogP contribution in [0.1, 0.15) is 11.7 Å². The third-order valence-electron chi connectivity index (χ3n) is 2.53. The minimum Gasteiger partial charge on any atom is -0.489 e. The summed E-state index contributed by atoms with van der Waals surface area (Å²) in [6.45, 7) is 0. The van der Waals surface area contributed by atoms with Gasteiger partial charge >= 0.3 is 5.97 Å². The van der Waals surface area contributed by atoms with Crippen molar-refractivity contribution in [2.24, 2.45) is 0 Å². The van der Waals surface area contributed by atoms with Crippen LogP contribution in [-0.4, -0.2) is 35.8 Å². The van der Waals surface area contributed by atoms with Crippen LogP contribution < -0.4 is 4.74 Å². The maximum absolute atomic E-state index is 11.1. The Bertz CT molecular complexity index is 386. The normalized spacial score (nSPS) is 17.1. The molecule has 0 spiro atoms. The van der Waals surface area contributed by atoms with Crippen LogP contribution >= 0.6 is 11.8 Å². The third-order valence-corrected chi connectivity index (χ3v) is 3.75. The van der Waals surface area contributed by atoms with Crippen LogP contribution in [0.5, 0.6) is 5.75 Å². The lowest BCUT2D eigenvalue weighted by Crippen LogP contribution is -2.30. The molecule has 1 saturated heterocycles. The summed E-state index contributed by atoms with van der Waals surface area (Å²) in [5.41, 5.74) is 0.507. The van der Waals surface area contributed by atoms with E-state index < -0.39 is 12.1 Å². The number of methoxy groups -OCH3 is 1. The van der Waals surface area contributed by atoms with Gasteiger partial charge in [-0.15, -0.1) is 0 Å². The van der Waals surface area contributed by atoms with Gasteiger partial charge in [0.15, 0.2) is 6.10 Å². The minimum absolute atomic E-state index is 0.288. The highest BCUT2D eigenvalue weighted by atomic mass is 32.2. The minimum atomic E-state index is -1.23. The fourth-order valence-corrected chi connectivity index (χ4v) is 2.02. The molecule has 0 radical (unpaired) electrons. The zero-order valence-corrected chi connectivity index (χ0v) is 10.3. The Hall–Kier alpha value is -1.20. The molecule has 92 valence electrons. The second-order valence-corrected chi connectivity index (χ2v) is 4.85. The lowest BCUT2D eigenvalue weighted by Gasteiger charge is -2.25. The van der Waals surface area contributed by atoms with Crippen LogP contribution in [0.4, 0.5) is 0 Å². The summed E-state index contributed by atoms with van der Waals surface area (Å²) < 4.78 is 10.1. The Morgan fingerprint density at radius 1 is 1.41 bits per heavy atom. The third kappa shape index (κ3) is 2.92. The largest absolute Gasteiger partial charge is 0.489 e. The molecular weight excluding hydrogens is 240 g/mol. The van der Waals surface area contributed by atoms with Crippen LogP contribution in [0.25, 0.3) is 0 Å². The monoisotopic (exact) mass is 254 g/mol. The highest BCUT2D eigenvalue weighted by Crippen LogP contribution is 2.25. The number of rotatable bonds is 4. The summed E-state index contributed by atoms with van der Waals surface area (Å²) in [7, 11) is 1.25. The summed E-state index contributed by atoms with van der Waals surface area (Å²) in [6.07, 6.45) is -0.940. The van der Waals surface area contributed by atoms with E-state index in [1.54, 1.807) is 24.3 Å². The van der Waals surface area contributed by atoms with Gasteiger partial charge in [-0.3, -0.25) is 0 Å². The van der Waals surface area contributed by atoms with E-state index in [4.69, 9.17) is 4.74 Å². The van der Waals surface area contributed by atoms with Gasteiger partial charge in [-0.25, -0.2) is 4.79 Å². The first kappa shape index (κ1) is 12.3. The van der Waals surface area contributed by atoms with Crippen molar-refractivity contribution < 1.29 is 19.4 Å². The summed E-state index contributed by atoms with van der Waals surface area (Å²) >= 11 is 1.85. The molecule has 0 aliphatic carbocycles. The first-order chi connectivity index (χ1) is 8.20. The number of benzene rings is 1. The molecule has 17 heavy (non-hydrogen) atoms. The standard InChI is InChI=1S/C12H14O4S/c1-15-12(14)11(13)8-2-4-9(5-3-8)16-10-6-17-7-10/h2-5,10-11,13H,6-7H2,1H3. The van der Waals surface area contributed by atoms with Gasteiger partial charge in [0.2, 0.25) is 0 Å². The van der Waals surface area contributed by atoms with E-state index >= 15 is 0 Å². The van der Waals surface area contributed by atoms with E-state index in [1.165, 1.54) is 7.11 Å². The van der Waals surface area contributed by atoms with Crippen molar-refractivity contribution in [1.29, 1.82) is 0 Å². The fraction of sp³-hybridized carbons (Fsp3) is 0.417. The zero-order chi connectivity index (χ0) is 12.3. The predicted octanol–water partition coefficient (Wildman–Crippen LogP) is 1.39. The quantitative estimate of drug-likeness (QED) is 0.823. The SMILES string of the molecule is COC(=O)C(O)c1ccc(OC2CSC2)cc1. The summed E-state index contributed by atoms with van der Waals surface area (Å²) in [4.78, 5) is 11.1. The molecule has 1 N–H and O–H groups in total. The maximum atomic E-state index is 11.1. The second kappa shape index (κ2) is 5.42. The fourth-order valence-electron chi connectivity index (χ4n) is 1.45. The number of hydrogen-bond acceptors (Lipinski definition) is 5. The van der Waals surface area contributed by atoms with E-state index in [9.17, 15) is 9.90 Å². The van der Waals surface area contributed by atoms with Gasteiger partial charge in [-0.2, -0.15) is 11.8 Å². The first-order valence-electron chi connectivity index (χ1n) is 5.31. The molecule has 1 aromatic rings. The molecule has 1 aliphatic rings. The van der Waals surface area contributed by atoms with Crippen LogP contribution in [0.3, 0.4) is 0 Å². The molecule has 0 aromatic heterocycles. The first-order valence-corrected chi connectivity index (χ1v) is 6.46. The van der Waals surface area contributed by atoms with Crippen LogP contribution in [0.2, 0.25) is 0 Å². The van der Waals surface area contributed by atoms with Gasteiger partial charge in [-0.1, -0.05) is 12.1 Å². The second-order valence-electron chi connectivity index (χ2n) is 3.77. The van der Waals surface area contributed by atoms with Gasteiger partial charge in [0.1, 0.15) is 11.9 Å². The molecule has 1 aliphatic heterocycles. The number of thioether (sulfide) groups is 1. The molecule has 1 heterocycles. The molecule has 4 nitrogen and oxygen atoms in total. The van der Waals surface area contributed by atoms with Crippen molar-refractivity contribution in [3.63, 3.8) is 0 Å². The van der Waals surface area contributed by atoms with Crippen LogP contribution in [0, 0.1) is 0 Å². The van der Waals surface area contributed by atoms with Gasteiger partial charge < -0.3 is 14.6 Å². The summed E-state index contributed by atoms with van der Waals surface area (Å²) in [6, 6.07) is 6.85. The van der Waals surface area contributed by atoms with Crippen molar-refractivity contribution in [3.8, 4) is 5.75 Å². The number of carbonyl (C=O) groups excluding carboxylic acids is 1. The average molecular weight is 254 g/mol. The number of ether oxygens (including phenoxy) is 2. The smallest absolute Gasteiger partial charge is 0.339 e. The molecular formula is C12H14O4S. The van der Waals surface area contributed by atoms with Crippen LogP contribution in [-0.2, 0) is 9.53 Å². The van der Waals surface area contributed by atoms with Gasteiger partial charge in [0.05, 0.1) is 7.11 Å². The van der Waals surface area contributed by atoms with Gasteiger partial charge in [0, 0.05) is 11.5 Å². The highest BCUT2D eigenvalue weighted by Gasteiger charge is 2.21. The Morgan fingerprint density at radius 3 is 2.53 bits per heavy atom. The molecule has 1 unspecified atom stereocenters. The van der Waals surface area contributed by atoms with Crippen molar-refractivity contribution in [2.75, 3.05) is 18.6 Å². The number of carbonyl (C=O) groups is 1. The van der Waals surface area contributed by atoms with E-state index in [0.29, 0.717) is 5.56 Å². The predicted molar refractivity (Wildman–Crippen MR) is 65.2 cm³/mol. The van der Waals surface area contributed by atoms with Crippen molar-refractivity contribution >= 4 is 17.7 Å². The molecule has 0 bridgehead atoms. The Morgan fingerprint density at radius 2 is 2.06 bits per heavy atom. The Balaban J connectivity index is 1.99. The summed E-state index contributed by atoms with van der Waals surface area (Å²) in [5, 5.41) is 9.60. The van der Waals surface area contributed by atoms with E-state index in [2.05, 4.69) is 4.74 Å². The van der Waals surface area contributed by atoms with Gasteiger partial charge in [-0.05, 0) is 17.7 Å². The average Bonchev–Trinajstić information content (AvgIpc) is 2.32. The number of esters is 1. The van der Waals surface area contributed by atoms with Gasteiger partial charge in [0.25, 0.3) is 0 Å². The highest BCUT2D eigenvalue weighted by molar-refractivity contribution is 8.00. The number of aliphatic hydroxyl groups excluding tert-OH is 1. The van der Waals surface area contributed by atoms with E-state index in [0.717, 1.165) is 17.3 Å². The zero-order valence-electron chi connectivity index (χ0n) is 9.46. The van der Waals surface area contributed by atoms with Crippen molar-refractivity contribution in [2.45, 2.75) is 12.2 Å². The van der Waals surface area contributed by atoms with Crippen LogP contribution in [0.15, 0.2) is 24.3 Å². The molecule has 1 fully saturated rings. The molecule has 1 aromatic carbocycles. The Kier molecular flexibility index (Phi) is 3.91. The lowest BCUT2D eigenvalue weighted by atomic mass is 10.1. The Labute approximate surface area is 104 Å². The van der Waals surface area contributed by atoms with Crippen molar-refractivity contribution in [1.82, 2.24) is 0 Å². The van der Waals surface area contributed by atoms with E-state index in [-0.39, 0.29) is 6.10 Å². The van der Waals surface area contributed by atoms with E-state index in [1.807, 2.05) is 11.8 Å². The molecule has 1 atom stereocenters.